The van der Waals surface area contributed by atoms with E-state index < -0.39 is 0 Å². The molecule has 1 aliphatic heterocycles. The van der Waals surface area contributed by atoms with Crippen LogP contribution in [0.3, 0.4) is 0 Å². The molecular formula is C15H25N3O2. The van der Waals surface area contributed by atoms with Gasteiger partial charge in [-0.25, -0.2) is 0 Å². The van der Waals surface area contributed by atoms with Gasteiger partial charge in [-0.3, -0.25) is 0 Å². The lowest BCUT2D eigenvalue weighted by molar-refractivity contribution is 0.0431. The largest absolute Gasteiger partial charge is 0.432 e. The summed E-state index contributed by atoms with van der Waals surface area (Å²) in [5, 5.41) is 3.46. The molecule has 1 saturated heterocycles. The van der Waals surface area contributed by atoms with Crippen molar-refractivity contribution in [3.63, 3.8) is 0 Å². The van der Waals surface area contributed by atoms with Gasteiger partial charge in [0.15, 0.2) is 0 Å². The first-order chi connectivity index (χ1) is 9.85. The maximum Gasteiger partial charge on any atom is 0.297 e. The van der Waals surface area contributed by atoms with E-state index in [0.717, 1.165) is 57.2 Å². The van der Waals surface area contributed by atoms with Crippen LogP contribution in [0.4, 0.5) is 6.01 Å². The molecule has 1 N–H and O–H groups in total. The van der Waals surface area contributed by atoms with E-state index in [4.69, 9.17) is 9.15 Å². The van der Waals surface area contributed by atoms with E-state index in [9.17, 15) is 0 Å². The first kappa shape index (κ1) is 13.9. The van der Waals surface area contributed by atoms with Crippen molar-refractivity contribution in [3.05, 3.63) is 12.0 Å². The fourth-order valence-electron chi connectivity index (χ4n) is 2.59. The molecule has 0 amide bonds. The van der Waals surface area contributed by atoms with Crippen LogP contribution in [0.2, 0.25) is 0 Å². The second kappa shape index (κ2) is 6.59. The summed E-state index contributed by atoms with van der Waals surface area (Å²) in [6.07, 6.45) is 8.07. The fourth-order valence-corrected chi connectivity index (χ4v) is 2.59. The predicted octanol–water partition coefficient (Wildman–Crippen LogP) is 2.32. The Morgan fingerprint density at radius 1 is 1.45 bits per heavy atom. The molecule has 112 valence electrons. The fraction of sp³-hybridized carbons (Fsp3) is 0.800. The number of anilines is 1. The first-order valence-electron chi connectivity index (χ1n) is 7.89. The van der Waals surface area contributed by atoms with Crippen LogP contribution in [-0.2, 0) is 11.3 Å². The topological polar surface area (TPSA) is 50.5 Å². The van der Waals surface area contributed by atoms with Gasteiger partial charge in [0.2, 0.25) is 0 Å². The van der Waals surface area contributed by atoms with Gasteiger partial charge < -0.3 is 19.4 Å². The summed E-state index contributed by atoms with van der Waals surface area (Å²) < 4.78 is 11.5. The molecule has 2 fully saturated rings. The monoisotopic (exact) mass is 279 g/mol. The van der Waals surface area contributed by atoms with E-state index in [-0.39, 0.29) is 0 Å². The molecule has 0 bridgehead atoms. The van der Waals surface area contributed by atoms with Crippen LogP contribution in [0.5, 0.6) is 0 Å². The highest BCUT2D eigenvalue weighted by Gasteiger charge is 2.24. The van der Waals surface area contributed by atoms with Gasteiger partial charge in [-0.1, -0.05) is 6.92 Å². The van der Waals surface area contributed by atoms with Gasteiger partial charge in [-0.15, -0.1) is 0 Å². The second-order valence-corrected chi connectivity index (χ2v) is 5.86. The minimum Gasteiger partial charge on any atom is -0.432 e. The third-order valence-corrected chi connectivity index (χ3v) is 3.90. The van der Waals surface area contributed by atoms with Crippen molar-refractivity contribution >= 4 is 6.01 Å². The van der Waals surface area contributed by atoms with Crippen LogP contribution < -0.4 is 10.2 Å². The van der Waals surface area contributed by atoms with Crippen LogP contribution in [0.1, 0.15) is 44.7 Å². The summed E-state index contributed by atoms with van der Waals surface area (Å²) >= 11 is 0. The third-order valence-electron chi connectivity index (χ3n) is 3.90. The predicted molar refractivity (Wildman–Crippen MR) is 77.8 cm³/mol. The van der Waals surface area contributed by atoms with Crippen LogP contribution in [0.25, 0.3) is 0 Å². The van der Waals surface area contributed by atoms with Gasteiger partial charge >= 0.3 is 0 Å². The molecule has 5 nitrogen and oxygen atoms in total. The molecule has 0 radical (unpaired) electrons. The molecule has 0 spiro atoms. The number of oxazole rings is 1. The lowest BCUT2D eigenvalue weighted by Gasteiger charge is -2.31. The normalized spacial score (nSPS) is 23.2. The zero-order valence-electron chi connectivity index (χ0n) is 12.3. The van der Waals surface area contributed by atoms with Crippen molar-refractivity contribution in [2.24, 2.45) is 0 Å². The number of aromatic nitrogens is 1. The average Bonchev–Trinajstić information content (AvgIpc) is 3.20. The van der Waals surface area contributed by atoms with E-state index >= 15 is 0 Å². The van der Waals surface area contributed by atoms with E-state index in [1.54, 1.807) is 6.26 Å². The molecule has 5 heteroatoms. The molecule has 2 aliphatic rings. The number of nitrogens with one attached hydrogen (secondary N) is 1. The van der Waals surface area contributed by atoms with Gasteiger partial charge in [-0.2, -0.15) is 4.98 Å². The summed E-state index contributed by atoms with van der Waals surface area (Å²) in [5.74, 6) is 0. The molecule has 1 aliphatic carbocycles. The molecule has 0 aromatic carbocycles. The number of piperidine rings is 1. The van der Waals surface area contributed by atoms with Crippen molar-refractivity contribution in [2.45, 2.75) is 57.7 Å². The average molecular weight is 279 g/mol. The Labute approximate surface area is 120 Å². The minimum absolute atomic E-state index is 0.323. The number of rotatable bonds is 7. The maximum absolute atomic E-state index is 5.85. The Hall–Kier alpha value is -1.07. The Balaban J connectivity index is 1.51. The van der Waals surface area contributed by atoms with Crippen molar-refractivity contribution in [1.29, 1.82) is 0 Å². The van der Waals surface area contributed by atoms with Gasteiger partial charge in [0.05, 0.1) is 11.8 Å². The van der Waals surface area contributed by atoms with Gasteiger partial charge in [0.1, 0.15) is 6.26 Å². The molecule has 20 heavy (non-hydrogen) atoms. The molecule has 3 rings (SSSR count). The molecule has 1 unspecified atom stereocenters. The van der Waals surface area contributed by atoms with Crippen molar-refractivity contribution < 1.29 is 9.15 Å². The standard InChI is InChI=1S/C15H25N3O2/c1-2-8-19-14-4-3-7-18(10-14)15-17-13(11-20-15)9-16-12-5-6-12/h11-12,14,16H,2-10H2,1H3. The van der Waals surface area contributed by atoms with Crippen LogP contribution in [0, 0.1) is 0 Å². The SMILES string of the molecule is CCCOC1CCCN(c2nc(CNC3CC3)co2)C1. The van der Waals surface area contributed by atoms with Crippen molar-refractivity contribution in [1.82, 2.24) is 10.3 Å². The van der Waals surface area contributed by atoms with Crippen molar-refractivity contribution in [3.8, 4) is 0 Å². The van der Waals surface area contributed by atoms with Gasteiger partial charge in [0, 0.05) is 32.3 Å². The molecule has 2 heterocycles. The smallest absolute Gasteiger partial charge is 0.297 e. The highest BCUT2D eigenvalue weighted by atomic mass is 16.5. The van der Waals surface area contributed by atoms with E-state index in [0.29, 0.717) is 12.1 Å². The zero-order valence-corrected chi connectivity index (χ0v) is 12.3. The maximum atomic E-state index is 5.85. The quantitative estimate of drug-likeness (QED) is 0.830. The minimum atomic E-state index is 0.323. The lowest BCUT2D eigenvalue weighted by atomic mass is 10.1. The Kier molecular flexibility index (Phi) is 4.58. The van der Waals surface area contributed by atoms with E-state index in [1.165, 1.54) is 12.8 Å². The van der Waals surface area contributed by atoms with Gasteiger partial charge in [-0.05, 0) is 32.1 Å². The Morgan fingerprint density at radius 2 is 2.35 bits per heavy atom. The van der Waals surface area contributed by atoms with Crippen molar-refractivity contribution in [2.75, 3.05) is 24.6 Å². The van der Waals surface area contributed by atoms with E-state index in [2.05, 4.69) is 22.1 Å². The summed E-state index contributed by atoms with van der Waals surface area (Å²) in [6.45, 7) is 5.73. The molecule has 1 saturated carbocycles. The molecule has 1 atom stereocenters. The number of hydrogen-bond acceptors (Lipinski definition) is 5. The second-order valence-electron chi connectivity index (χ2n) is 5.86. The molecule has 1 aromatic heterocycles. The third kappa shape index (κ3) is 3.73. The number of hydrogen-bond donors (Lipinski definition) is 1. The van der Waals surface area contributed by atoms with Crippen LogP contribution in [-0.4, -0.2) is 36.8 Å². The number of nitrogens with zero attached hydrogens (tertiary/aromatic N) is 2. The highest BCUT2D eigenvalue weighted by Crippen LogP contribution is 2.22. The van der Waals surface area contributed by atoms with Gasteiger partial charge in [0.25, 0.3) is 6.01 Å². The zero-order chi connectivity index (χ0) is 13.8. The Bertz CT molecular complexity index is 417. The summed E-state index contributed by atoms with van der Waals surface area (Å²) in [7, 11) is 0. The lowest BCUT2D eigenvalue weighted by Crippen LogP contribution is -2.40. The first-order valence-corrected chi connectivity index (χ1v) is 7.89. The molecular weight excluding hydrogens is 254 g/mol. The van der Waals surface area contributed by atoms with E-state index in [1.807, 2.05) is 0 Å². The molecule has 1 aromatic rings. The summed E-state index contributed by atoms with van der Waals surface area (Å²) in [4.78, 5) is 6.80. The highest BCUT2D eigenvalue weighted by molar-refractivity contribution is 5.28. The van der Waals surface area contributed by atoms with Crippen LogP contribution >= 0.6 is 0 Å². The summed E-state index contributed by atoms with van der Waals surface area (Å²) in [6, 6.07) is 1.46. The summed E-state index contributed by atoms with van der Waals surface area (Å²) in [5.41, 5.74) is 1.00. The van der Waals surface area contributed by atoms with Crippen LogP contribution in [0.15, 0.2) is 10.7 Å². The number of ether oxygens (including phenoxy) is 1. The Morgan fingerprint density at radius 3 is 3.15 bits per heavy atom.